The van der Waals surface area contributed by atoms with Crippen molar-refractivity contribution in [3.8, 4) is 0 Å². The van der Waals surface area contributed by atoms with E-state index in [9.17, 15) is 9.59 Å². The van der Waals surface area contributed by atoms with E-state index >= 15 is 0 Å². The second-order valence-corrected chi connectivity index (χ2v) is 3.07. The number of hydrogen-bond acceptors (Lipinski definition) is 7. The van der Waals surface area contributed by atoms with Crippen molar-refractivity contribution in [1.82, 2.24) is 20.9 Å². The average molecular weight is 226 g/mol. The first-order valence-electron chi connectivity index (χ1n) is 4.42. The number of esters is 1. The molecule has 8 heteroatoms. The Kier molecular flexibility index (Phi) is 2.50. The first kappa shape index (κ1) is 10.5. The van der Waals surface area contributed by atoms with E-state index in [2.05, 4.69) is 15.6 Å². The van der Waals surface area contributed by atoms with Gasteiger partial charge in [0.2, 0.25) is 0 Å². The normalized spacial score (nSPS) is 18.8. The molecule has 2 aliphatic rings. The molecule has 2 heterocycles. The van der Waals surface area contributed by atoms with Crippen molar-refractivity contribution in [2.75, 3.05) is 13.8 Å². The lowest BCUT2D eigenvalue weighted by Crippen LogP contribution is -2.48. The van der Waals surface area contributed by atoms with Gasteiger partial charge in [-0.05, 0) is 0 Å². The van der Waals surface area contributed by atoms with Crippen LogP contribution in [0.5, 0.6) is 0 Å². The molecule has 2 aliphatic heterocycles. The van der Waals surface area contributed by atoms with E-state index in [1.54, 1.807) is 0 Å². The minimum absolute atomic E-state index is 0.0524. The van der Waals surface area contributed by atoms with Gasteiger partial charge in [0.05, 0.1) is 13.3 Å². The summed E-state index contributed by atoms with van der Waals surface area (Å²) in [6.07, 6.45) is 2.56. The molecule has 16 heavy (non-hydrogen) atoms. The SMILES string of the molecule is COC(=O)C1=CC(=O)N2NN(CO)C=C2N1. The van der Waals surface area contributed by atoms with Crippen LogP contribution in [0.1, 0.15) is 0 Å². The van der Waals surface area contributed by atoms with Gasteiger partial charge in [-0.3, -0.25) is 9.80 Å². The molecule has 0 saturated carbocycles. The monoisotopic (exact) mass is 226 g/mol. The number of aliphatic hydroxyl groups is 1. The van der Waals surface area contributed by atoms with Crippen molar-refractivity contribution in [1.29, 1.82) is 0 Å². The largest absolute Gasteiger partial charge is 0.464 e. The second kappa shape index (κ2) is 3.83. The first-order chi connectivity index (χ1) is 7.65. The smallest absolute Gasteiger partial charge is 0.354 e. The van der Waals surface area contributed by atoms with Crippen molar-refractivity contribution in [3.05, 3.63) is 23.8 Å². The van der Waals surface area contributed by atoms with Gasteiger partial charge in [0.1, 0.15) is 18.2 Å². The highest BCUT2D eigenvalue weighted by molar-refractivity contribution is 6.00. The van der Waals surface area contributed by atoms with Gasteiger partial charge in [-0.15, -0.1) is 5.53 Å². The van der Waals surface area contributed by atoms with Gasteiger partial charge in [0.25, 0.3) is 5.91 Å². The van der Waals surface area contributed by atoms with Crippen molar-refractivity contribution in [2.45, 2.75) is 0 Å². The number of amides is 1. The molecule has 0 fully saturated rings. The van der Waals surface area contributed by atoms with E-state index < -0.39 is 11.9 Å². The summed E-state index contributed by atoms with van der Waals surface area (Å²) in [5.74, 6) is -0.709. The summed E-state index contributed by atoms with van der Waals surface area (Å²) >= 11 is 0. The Morgan fingerprint density at radius 2 is 2.38 bits per heavy atom. The molecule has 86 valence electrons. The molecule has 0 aliphatic carbocycles. The van der Waals surface area contributed by atoms with Crippen LogP contribution in [0.2, 0.25) is 0 Å². The van der Waals surface area contributed by atoms with Crippen LogP contribution in [0.4, 0.5) is 0 Å². The van der Waals surface area contributed by atoms with E-state index in [0.717, 1.165) is 11.1 Å². The van der Waals surface area contributed by atoms with Crippen LogP contribution in [-0.2, 0) is 14.3 Å². The third kappa shape index (κ3) is 1.59. The predicted octanol–water partition coefficient (Wildman–Crippen LogP) is -2.04. The lowest BCUT2D eigenvalue weighted by molar-refractivity contribution is -0.138. The third-order valence-electron chi connectivity index (χ3n) is 2.06. The number of nitrogens with one attached hydrogen (secondary N) is 2. The third-order valence-corrected chi connectivity index (χ3v) is 2.06. The fourth-order valence-electron chi connectivity index (χ4n) is 1.33. The van der Waals surface area contributed by atoms with Gasteiger partial charge in [0, 0.05) is 6.08 Å². The van der Waals surface area contributed by atoms with Crippen LogP contribution in [-0.4, -0.2) is 40.8 Å². The van der Waals surface area contributed by atoms with Crippen LogP contribution in [0.3, 0.4) is 0 Å². The summed E-state index contributed by atoms with van der Waals surface area (Å²) in [6.45, 7) is -0.303. The maximum atomic E-state index is 11.6. The minimum atomic E-state index is -0.628. The highest BCUT2D eigenvalue weighted by Gasteiger charge is 2.31. The topological polar surface area (TPSA) is 94.1 Å². The van der Waals surface area contributed by atoms with Crippen molar-refractivity contribution in [3.63, 3.8) is 0 Å². The number of ether oxygens (including phenoxy) is 1. The molecular formula is C8H10N4O4. The number of aliphatic hydroxyl groups excluding tert-OH is 1. The van der Waals surface area contributed by atoms with E-state index in [1.165, 1.54) is 18.3 Å². The van der Waals surface area contributed by atoms with Crippen molar-refractivity contribution in [2.24, 2.45) is 0 Å². The quantitative estimate of drug-likeness (QED) is 0.467. The van der Waals surface area contributed by atoms with E-state index in [0.29, 0.717) is 5.82 Å². The van der Waals surface area contributed by atoms with Gasteiger partial charge >= 0.3 is 5.97 Å². The first-order valence-corrected chi connectivity index (χ1v) is 4.42. The lowest BCUT2D eigenvalue weighted by Gasteiger charge is -2.24. The number of hydrogen-bond donors (Lipinski definition) is 3. The maximum absolute atomic E-state index is 11.6. The van der Waals surface area contributed by atoms with Crippen molar-refractivity contribution < 1.29 is 19.4 Å². The zero-order valence-electron chi connectivity index (χ0n) is 8.43. The zero-order valence-corrected chi connectivity index (χ0v) is 8.43. The molecule has 0 bridgehead atoms. The molecule has 1 amide bonds. The van der Waals surface area contributed by atoms with Crippen LogP contribution in [0.25, 0.3) is 0 Å². The van der Waals surface area contributed by atoms with Crippen molar-refractivity contribution >= 4 is 11.9 Å². The predicted molar refractivity (Wildman–Crippen MR) is 50.2 cm³/mol. The van der Waals surface area contributed by atoms with Crippen LogP contribution in [0.15, 0.2) is 23.8 Å². The summed E-state index contributed by atoms with van der Waals surface area (Å²) in [5, 5.41) is 14.0. The molecule has 0 unspecified atom stereocenters. The molecular weight excluding hydrogens is 216 g/mol. The Morgan fingerprint density at radius 3 is 3.00 bits per heavy atom. The van der Waals surface area contributed by atoms with Gasteiger partial charge in [0.15, 0.2) is 0 Å². The molecule has 0 atom stereocenters. The number of carbonyl (C=O) groups is 2. The van der Waals surface area contributed by atoms with E-state index in [-0.39, 0.29) is 12.4 Å². The van der Waals surface area contributed by atoms with Gasteiger partial charge in [-0.25, -0.2) is 9.80 Å². The molecule has 0 aromatic rings. The molecule has 0 spiro atoms. The molecule has 0 aromatic carbocycles. The highest BCUT2D eigenvalue weighted by atomic mass is 16.5. The minimum Gasteiger partial charge on any atom is -0.464 e. The van der Waals surface area contributed by atoms with Crippen LogP contribution < -0.4 is 10.9 Å². The summed E-state index contributed by atoms with van der Waals surface area (Å²) < 4.78 is 4.49. The fraction of sp³-hybridized carbons (Fsp3) is 0.250. The maximum Gasteiger partial charge on any atom is 0.354 e. The van der Waals surface area contributed by atoms with Crippen LogP contribution >= 0.6 is 0 Å². The Morgan fingerprint density at radius 1 is 1.62 bits per heavy atom. The summed E-state index contributed by atoms with van der Waals surface area (Å²) in [7, 11) is 1.23. The van der Waals surface area contributed by atoms with Gasteiger partial charge in [-0.1, -0.05) is 0 Å². The highest BCUT2D eigenvalue weighted by Crippen LogP contribution is 2.15. The molecule has 0 aromatic heterocycles. The zero-order chi connectivity index (χ0) is 11.7. The molecule has 8 nitrogen and oxygen atoms in total. The van der Waals surface area contributed by atoms with Gasteiger partial charge in [-0.2, -0.15) is 0 Å². The number of carbonyl (C=O) groups excluding carboxylic acids is 2. The summed E-state index contributed by atoms with van der Waals surface area (Å²) in [4.78, 5) is 22.8. The molecule has 3 N–H and O–H groups in total. The number of hydrazine groups is 2. The Hall–Kier alpha value is -2.06. The molecule has 0 radical (unpaired) electrons. The summed E-state index contributed by atoms with van der Waals surface area (Å²) in [5.41, 5.74) is 2.64. The Balaban J connectivity index is 2.22. The Labute approximate surface area is 90.7 Å². The standard InChI is InChI=1S/C8H10N4O4/c1-16-8(15)5-2-7(14)12-6(9-5)3-11(4-13)10-12/h2-3,9-10,13H,4H2,1H3. The second-order valence-electron chi connectivity index (χ2n) is 3.07. The van der Waals surface area contributed by atoms with E-state index in [1.807, 2.05) is 0 Å². The fourth-order valence-corrected chi connectivity index (χ4v) is 1.33. The number of rotatable bonds is 2. The average Bonchev–Trinajstić information content (AvgIpc) is 2.71. The van der Waals surface area contributed by atoms with Gasteiger partial charge < -0.3 is 15.2 Å². The Bertz CT molecular complexity index is 403. The van der Waals surface area contributed by atoms with E-state index in [4.69, 9.17) is 5.11 Å². The number of nitrogens with zero attached hydrogens (tertiary/aromatic N) is 2. The summed E-state index contributed by atoms with van der Waals surface area (Å²) in [6, 6.07) is 0. The number of fused-ring (bicyclic) bond motifs is 1. The molecule has 2 rings (SSSR count). The number of methoxy groups -OCH3 is 1. The molecule has 0 saturated heterocycles. The lowest BCUT2D eigenvalue weighted by atomic mass is 10.3. The van der Waals surface area contributed by atoms with Crippen LogP contribution in [0, 0.1) is 0 Å².